The summed E-state index contributed by atoms with van der Waals surface area (Å²) in [5, 5.41) is 0. The molecule has 1 aromatic rings. The molecule has 0 saturated heterocycles. The van der Waals surface area contributed by atoms with Gasteiger partial charge in [-0.2, -0.15) is 0 Å². The van der Waals surface area contributed by atoms with Crippen LogP contribution in [0.2, 0.25) is 0 Å². The Morgan fingerprint density at radius 2 is 1.24 bits per heavy atom. The summed E-state index contributed by atoms with van der Waals surface area (Å²) in [5.41, 5.74) is 4.12. The van der Waals surface area contributed by atoms with E-state index in [9.17, 15) is 0 Å². The Bertz CT molecular complexity index is 518. The maximum atomic E-state index is 2.34. The largest absolute Gasteiger partial charge is 0.362 e. The summed E-state index contributed by atoms with van der Waals surface area (Å²) in [5.74, 6) is 0. The first-order valence-electron chi connectivity index (χ1n) is 7.43. The Morgan fingerprint density at radius 3 is 1.62 bits per heavy atom. The Labute approximate surface area is 127 Å². The lowest BCUT2D eigenvalue weighted by atomic mass is 10.1. The van der Waals surface area contributed by atoms with Crippen LogP contribution in [0.5, 0.6) is 0 Å². The van der Waals surface area contributed by atoms with Gasteiger partial charge >= 0.3 is 0 Å². The van der Waals surface area contributed by atoms with Gasteiger partial charge in [0.15, 0.2) is 0 Å². The van der Waals surface area contributed by atoms with Crippen molar-refractivity contribution in [1.82, 2.24) is 19.6 Å². The van der Waals surface area contributed by atoms with Crippen molar-refractivity contribution in [1.29, 1.82) is 0 Å². The number of hydrogen-bond acceptors (Lipinski definition) is 4. The number of hydrogen-bond donors (Lipinski definition) is 0. The summed E-state index contributed by atoms with van der Waals surface area (Å²) in [6.45, 7) is 6.09. The minimum atomic E-state index is 0.975. The lowest BCUT2D eigenvalue weighted by molar-refractivity contribution is 0.287. The second-order valence-corrected chi connectivity index (χ2v) is 6.21. The monoisotopic (exact) mass is 284 g/mol. The predicted octanol–water partition coefficient (Wildman–Crippen LogP) is 2.35. The van der Waals surface area contributed by atoms with E-state index in [1.54, 1.807) is 0 Å². The average molecular weight is 284 g/mol. The Hall–Kier alpha value is -2.10. The topological polar surface area (TPSA) is 13.0 Å². The summed E-state index contributed by atoms with van der Waals surface area (Å²) in [7, 11) is 4.21. The summed E-state index contributed by atoms with van der Waals surface area (Å²) in [6.07, 6.45) is 8.59. The third-order valence-electron chi connectivity index (χ3n) is 3.84. The number of nitrogens with zero attached hydrogens (tertiary/aromatic N) is 4. The van der Waals surface area contributed by atoms with Gasteiger partial charge in [-0.1, -0.05) is 23.8 Å². The van der Waals surface area contributed by atoms with Crippen molar-refractivity contribution < 1.29 is 0 Å². The minimum Gasteiger partial charge on any atom is -0.362 e. The van der Waals surface area contributed by atoms with Gasteiger partial charge in [0.05, 0.1) is 13.3 Å². The number of benzene rings is 1. The molecule has 2 aliphatic rings. The van der Waals surface area contributed by atoms with Crippen LogP contribution in [0.25, 0.3) is 0 Å². The second-order valence-electron chi connectivity index (χ2n) is 6.21. The molecule has 112 valence electrons. The molecule has 0 saturated carbocycles. The van der Waals surface area contributed by atoms with Crippen LogP contribution in [-0.2, 0) is 13.1 Å². The molecule has 2 heterocycles. The predicted molar refractivity (Wildman–Crippen MR) is 85.8 cm³/mol. The van der Waals surface area contributed by atoms with E-state index in [1.807, 2.05) is 0 Å². The van der Waals surface area contributed by atoms with Gasteiger partial charge in [-0.05, 0) is 18.1 Å². The number of rotatable bonds is 4. The Kier molecular flexibility index (Phi) is 3.78. The van der Waals surface area contributed by atoms with Crippen molar-refractivity contribution in [3.8, 4) is 0 Å². The fourth-order valence-electron chi connectivity index (χ4n) is 2.98. The standard InChI is InChI=1S/C17H24N4/c1-15-8-16(11-20-6-4-18(2)13-20)10-17(9-15)12-21-7-5-19(3)14-21/h4-10H,11-14H2,1-3H3. The summed E-state index contributed by atoms with van der Waals surface area (Å²) >= 11 is 0. The maximum absolute atomic E-state index is 2.34. The summed E-state index contributed by atoms with van der Waals surface area (Å²) < 4.78 is 0. The molecule has 0 fully saturated rings. The third-order valence-corrected chi connectivity index (χ3v) is 3.84. The normalized spacial score (nSPS) is 17.5. The molecule has 0 amide bonds. The maximum Gasteiger partial charge on any atom is 0.0894 e. The smallest absolute Gasteiger partial charge is 0.0894 e. The van der Waals surface area contributed by atoms with Crippen LogP contribution < -0.4 is 0 Å². The van der Waals surface area contributed by atoms with E-state index in [0.717, 1.165) is 26.4 Å². The van der Waals surface area contributed by atoms with Gasteiger partial charge in [0.1, 0.15) is 0 Å². The van der Waals surface area contributed by atoms with E-state index in [1.165, 1.54) is 16.7 Å². The second kappa shape index (κ2) is 5.72. The zero-order valence-corrected chi connectivity index (χ0v) is 13.2. The molecule has 0 unspecified atom stereocenters. The van der Waals surface area contributed by atoms with Gasteiger partial charge in [-0.15, -0.1) is 0 Å². The highest BCUT2D eigenvalue weighted by Crippen LogP contribution is 2.17. The Balaban J connectivity index is 1.68. The van der Waals surface area contributed by atoms with Crippen molar-refractivity contribution >= 4 is 0 Å². The molecule has 4 heteroatoms. The molecule has 0 radical (unpaired) electrons. The lowest BCUT2D eigenvalue weighted by Crippen LogP contribution is -2.23. The van der Waals surface area contributed by atoms with Crippen molar-refractivity contribution in [3.05, 3.63) is 59.7 Å². The zero-order valence-electron chi connectivity index (χ0n) is 13.2. The van der Waals surface area contributed by atoms with E-state index in [4.69, 9.17) is 0 Å². The van der Waals surface area contributed by atoms with Crippen LogP contribution in [0.4, 0.5) is 0 Å². The van der Waals surface area contributed by atoms with Gasteiger partial charge in [0, 0.05) is 52.0 Å². The van der Waals surface area contributed by atoms with Crippen LogP contribution in [0.15, 0.2) is 43.0 Å². The first-order chi connectivity index (χ1) is 10.1. The van der Waals surface area contributed by atoms with E-state index in [-0.39, 0.29) is 0 Å². The van der Waals surface area contributed by atoms with E-state index < -0.39 is 0 Å². The van der Waals surface area contributed by atoms with Crippen LogP contribution in [0, 0.1) is 6.92 Å². The van der Waals surface area contributed by atoms with E-state index in [2.05, 4.69) is 83.6 Å². The van der Waals surface area contributed by atoms with E-state index in [0.29, 0.717) is 0 Å². The molecular weight excluding hydrogens is 260 g/mol. The van der Waals surface area contributed by atoms with E-state index >= 15 is 0 Å². The molecule has 0 spiro atoms. The number of aryl methyl sites for hydroxylation is 1. The highest BCUT2D eigenvalue weighted by Gasteiger charge is 2.12. The first-order valence-corrected chi connectivity index (χ1v) is 7.43. The minimum absolute atomic E-state index is 0.975. The molecule has 3 rings (SSSR count). The SMILES string of the molecule is Cc1cc(CN2C=CN(C)C2)cc(CN2C=CN(C)C2)c1. The molecular formula is C17H24N4. The molecule has 4 nitrogen and oxygen atoms in total. The molecule has 2 aliphatic heterocycles. The van der Waals surface area contributed by atoms with Crippen molar-refractivity contribution in [3.63, 3.8) is 0 Å². The molecule has 1 aromatic carbocycles. The molecule has 0 bridgehead atoms. The van der Waals surface area contributed by atoms with Crippen molar-refractivity contribution in [2.75, 3.05) is 27.4 Å². The van der Waals surface area contributed by atoms with Gasteiger partial charge < -0.3 is 19.6 Å². The molecule has 0 atom stereocenters. The molecule has 0 N–H and O–H groups in total. The quantitative estimate of drug-likeness (QED) is 0.841. The third kappa shape index (κ3) is 3.51. The van der Waals surface area contributed by atoms with Crippen LogP contribution in [0.1, 0.15) is 16.7 Å². The molecule has 0 aromatic heterocycles. The van der Waals surface area contributed by atoms with Crippen molar-refractivity contribution in [2.45, 2.75) is 20.0 Å². The fraction of sp³-hybridized carbons (Fsp3) is 0.412. The fourth-order valence-corrected chi connectivity index (χ4v) is 2.98. The van der Waals surface area contributed by atoms with Gasteiger partial charge in [0.25, 0.3) is 0 Å². The van der Waals surface area contributed by atoms with Gasteiger partial charge in [-0.25, -0.2) is 0 Å². The molecule has 21 heavy (non-hydrogen) atoms. The zero-order chi connectivity index (χ0) is 14.8. The molecule has 0 aliphatic carbocycles. The van der Waals surface area contributed by atoms with Gasteiger partial charge in [0.2, 0.25) is 0 Å². The summed E-state index contributed by atoms with van der Waals surface area (Å²) in [6, 6.07) is 6.93. The van der Waals surface area contributed by atoms with Crippen LogP contribution in [-0.4, -0.2) is 47.0 Å². The highest BCUT2D eigenvalue weighted by atomic mass is 15.3. The lowest BCUT2D eigenvalue weighted by Gasteiger charge is -2.21. The first kappa shape index (κ1) is 13.9. The van der Waals surface area contributed by atoms with Crippen LogP contribution in [0.3, 0.4) is 0 Å². The Morgan fingerprint density at radius 1 is 0.762 bits per heavy atom. The van der Waals surface area contributed by atoms with Crippen LogP contribution >= 0.6 is 0 Å². The van der Waals surface area contributed by atoms with Gasteiger partial charge in [-0.3, -0.25) is 0 Å². The summed E-state index contributed by atoms with van der Waals surface area (Å²) in [4.78, 5) is 9.06. The average Bonchev–Trinajstić information content (AvgIpc) is 2.98. The highest BCUT2D eigenvalue weighted by molar-refractivity contribution is 5.30. The van der Waals surface area contributed by atoms with Crippen molar-refractivity contribution in [2.24, 2.45) is 0 Å².